The smallest absolute Gasteiger partial charge is 0.326 e. The molecule has 0 radical (unpaired) electrons. The quantitative estimate of drug-likeness (QED) is 0.602. The Hall–Kier alpha value is -1.03. The van der Waals surface area contributed by atoms with Crippen LogP contribution in [0.3, 0.4) is 0 Å². The van der Waals surface area contributed by atoms with E-state index in [0.717, 1.165) is 0 Å². The van der Waals surface area contributed by atoms with Crippen LogP contribution >= 0.6 is 12.4 Å². The number of carbonyl (C=O) groups excluding carboxylic acids is 1. The predicted octanol–water partition coefficient (Wildman–Crippen LogP) is 0.492. The zero-order valence-corrected chi connectivity index (χ0v) is 6.26. The Morgan fingerprint density at radius 2 is 2.40 bits per heavy atom. The molecule has 0 bridgehead atoms. The predicted molar refractivity (Wildman–Crippen MR) is 39.3 cm³/mol. The van der Waals surface area contributed by atoms with E-state index in [2.05, 4.69) is 10.3 Å². The highest BCUT2D eigenvalue weighted by atomic mass is 35.5. The summed E-state index contributed by atoms with van der Waals surface area (Å²) >= 11 is 0. The fraction of sp³-hybridized carbons (Fsp3) is 0.200. The van der Waals surface area contributed by atoms with E-state index in [1.54, 1.807) is 19.4 Å². The van der Waals surface area contributed by atoms with Gasteiger partial charge in [0.15, 0.2) is 0 Å². The van der Waals surface area contributed by atoms with Crippen LogP contribution in [0.4, 0.5) is 4.79 Å². The summed E-state index contributed by atoms with van der Waals surface area (Å²) < 4.78 is 1.36. The number of rotatable bonds is 0. The van der Waals surface area contributed by atoms with Crippen molar-refractivity contribution < 1.29 is 4.79 Å². The first-order valence-corrected chi connectivity index (χ1v) is 2.54. The highest BCUT2D eigenvalue weighted by Crippen LogP contribution is 1.81. The summed E-state index contributed by atoms with van der Waals surface area (Å²) in [5, 5.41) is 2.45. The molecule has 1 heterocycles. The SMILES string of the molecule is CNC(=O)n1ccnc1.Cl. The summed E-state index contributed by atoms with van der Waals surface area (Å²) in [6.07, 6.45) is 4.58. The molecular weight excluding hydrogens is 154 g/mol. The summed E-state index contributed by atoms with van der Waals surface area (Å²) in [4.78, 5) is 14.4. The van der Waals surface area contributed by atoms with Gasteiger partial charge in [-0.1, -0.05) is 0 Å². The van der Waals surface area contributed by atoms with E-state index in [0.29, 0.717) is 0 Å². The molecule has 0 aliphatic carbocycles. The molecule has 0 saturated carbocycles. The van der Waals surface area contributed by atoms with Crippen LogP contribution in [-0.2, 0) is 0 Å². The lowest BCUT2D eigenvalue weighted by Crippen LogP contribution is -2.22. The van der Waals surface area contributed by atoms with E-state index in [1.165, 1.54) is 10.9 Å². The van der Waals surface area contributed by atoms with Crippen molar-refractivity contribution in [2.45, 2.75) is 0 Å². The van der Waals surface area contributed by atoms with Crippen molar-refractivity contribution in [1.29, 1.82) is 0 Å². The molecule has 0 aliphatic rings. The zero-order valence-electron chi connectivity index (χ0n) is 5.44. The topological polar surface area (TPSA) is 46.9 Å². The number of carbonyl (C=O) groups is 1. The Kier molecular flexibility index (Phi) is 3.49. The normalized spacial score (nSPS) is 8.10. The van der Waals surface area contributed by atoms with E-state index < -0.39 is 0 Å². The first kappa shape index (κ1) is 8.97. The standard InChI is InChI=1S/C5H7N3O.ClH/c1-6-5(9)8-3-2-7-4-8;/h2-4H,1H3,(H,6,9);1H. The number of hydrogen-bond donors (Lipinski definition) is 1. The second-order valence-corrected chi connectivity index (χ2v) is 1.53. The van der Waals surface area contributed by atoms with Crippen LogP contribution in [0.25, 0.3) is 0 Å². The molecule has 0 atom stereocenters. The van der Waals surface area contributed by atoms with Crippen LogP contribution in [0.2, 0.25) is 0 Å². The molecule has 0 aliphatic heterocycles. The second kappa shape index (κ2) is 3.90. The fourth-order valence-electron chi connectivity index (χ4n) is 0.508. The summed E-state index contributed by atoms with van der Waals surface area (Å²) in [7, 11) is 1.57. The minimum atomic E-state index is -0.174. The third-order valence-corrected chi connectivity index (χ3v) is 0.953. The molecule has 5 heteroatoms. The van der Waals surface area contributed by atoms with Crippen molar-refractivity contribution in [2.75, 3.05) is 7.05 Å². The third-order valence-electron chi connectivity index (χ3n) is 0.953. The van der Waals surface area contributed by atoms with Gasteiger partial charge in [-0.15, -0.1) is 12.4 Å². The average molecular weight is 162 g/mol. The van der Waals surface area contributed by atoms with E-state index >= 15 is 0 Å². The molecule has 1 aromatic rings. The number of halogens is 1. The molecule has 1 aromatic heterocycles. The molecule has 4 nitrogen and oxygen atoms in total. The first-order valence-electron chi connectivity index (χ1n) is 2.54. The van der Waals surface area contributed by atoms with Crippen molar-refractivity contribution in [2.24, 2.45) is 0 Å². The van der Waals surface area contributed by atoms with Gasteiger partial charge in [0.25, 0.3) is 0 Å². The van der Waals surface area contributed by atoms with Crippen LogP contribution in [0, 0.1) is 0 Å². The largest absolute Gasteiger partial charge is 0.340 e. The molecule has 0 spiro atoms. The van der Waals surface area contributed by atoms with Crippen LogP contribution in [0.1, 0.15) is 0 Å². The van der Waals surface area contributed by atoms with Crippen LogP contribution in [-0.4, -0.2) is 22.6 Å². The Bertz CT molecular complexity index is 197. The van der Waals surface area contributed by atoms with E-state index in [-0.39, 0.29) is 18.4 Å². The molecule has 0 saturated heterocycles. The van der Waals surface area contributed by atoms with Gasteiger partial charge in [-0.3, -0.25) is 4.57 Å². The van der Waals surface area contributed by atoms with Crippen LogP contribution < -0.4 is 5.32 Å². The molecule has 1 amide bonds. The zero-order chi connectivity index (χ0) is 6.69. The van der Waals surface area contributed by atoms with Crippen molar-refractivity contribution in [1.82, 2.24) is 14.9 Å². The molecule has 0 unspecified atom stereocenters. The Morgan fingerprint density at radius 1 is 1.70 bits per heavy atom. The Labute approximate surface area is 64.7 Å². The Balaban J connectivity index is 0.000000810. The lowest BCUT2D eigenvalue weighted by molar-refractivity contribution is 0.244. The number of amides is 1. The number of nitrogens with one attached hydrogen (secondary N) is 1. The van der Waals surface area contributed by atoms with Gasteiger partial charge in [-0.25, -0.2) is 9.78 Å². The lowest BCUT2D eigenvalue weighted by Gasteiger charge is -1.95. The molecule has 56 valence electrons. The van der Waals surface area contributed by atoms with Gasteiger partial charge < -0.3 is 5.32 Å². The van der Waals surface area contributed by atoms with Gasteiger partial charge in [0, 0.05) is 19.4 Å². The van der Waals surface area contributed by atoms with E-state index in [1.807, 2.05) is 0 Å². The summed E-state index contributed by atoms with van der Waals surface area (Å²) in [6.45, 7) is 0. The maximum atomic E-state index is 10.7. The second-order valence-electron chi connectivity index (χ2n) is 1.53. The highest BCUT2D eigenvalue weighted by Gasteiger charge is 1.95. The van der Waals surface area contributed by atoms with Gasteiger partial charge in [-0.05, 0) is 0 Å². The van der Waals surface area contributed by atoms with Gasteiger partial charge in [0.1, 0.15) is 6.33 Å². The van der Waals surface area contributed by atoms with Crippen LogP contribution in [0.15, 0.2) is 18.7 Å². The van der Waals surface area contributed by atoms with E-state index in [4.69, 9.17) is 0 Å². The van der Waals surface area contributed by atoms with Crippen molar-refractivity contribution in [3.05, 3.63) is 18.7 Å². The van der Waals surface area contributed by atoms with Crippen molar-refractivity contribution in [3.8, 4) is 0 Å². The summed E-state index contributed by atoms with van der Waals surface area (Å²) in [5.74, 6) is 0. The average Bonchev–Trinajstić information content (AvgIpc) is 2.37. The number of imidazole rings is 1. The van der Waals surface area contributed by atoms with Gasteiger partial charge in [-0.2, -0.15) is 0 Å². The van der Waals surface area contributed by atoms with Gasteiger partial charge in [0.2, 0.25) is 0 Å². The maximum absolute atomic E-state index is 10.7. The minimum Gasteiger partial charge on any atom is -0.340 e. The molecular formula is C5H8ClN3O. The number of nitrogens with zero attached hydrogens (tertiary/aromatic N) is 2. The van der Waals surface area contributed by atoms with Gasteiger partial charge >= 0.3 is 6.03 Å². The first-order chi connectivity index (χ1) is 4.34. The fourth-order valence-corrected chi connectivity index (χ4v) is 0.508. The monoisotopic (exact) mass is 161 g/mol. The molecule has 1 rings (SSSR count). The van der Waals surface area contributed by atoms with Crippen molar-refractivity contribution >= 4 is 18.4 Å². The third kappa shape index (κ3) is 1.73. The van der Waals surface area contributed by atoms with Crippen molar-refractivity contribution in [3.63, 3.8) is 0 Å². The highest BCUT2D eigenvalue weighted by molar-refractivity contribution is 5.85. The molecule has 1 N–H and O–H groups in total. The Morgan fingerprint density at radius 3 is 2.80 bits per heavy atom. The summed E-state index contributed by atoms with van der Waals surface area (Å²) in [6, 6.07) is -0.174. The van der Waals surface area contributed by atoms with Crippen LogP contribution in [0.5, 0.6) is 0 Å². The maximum Gasteiger partial charge on any atom is 0.326 e. The number of hydrogen-bond acceptors (Lipinski definition) is 2. The number of aromatic nitrogens is 2. The molecule has 0 aromatic carbocycles. The molecule has 10 heavy (non-hydrogen) atoms. The summed E-state index contributed by atoms with van der Waals surface area (Å²) in [5.41, 5.74) is 0. The van der Waals surface area contributed by atoms with Gasteiger partial charge in [0.05, 0.1) is 0 Å². The van der Waals surface area contributed by atoms with E-state index in [9.17, 15) is 4.79 Å². The minimum absolute atomic E-state index is 0. The molecule has 0 fully saturated rings. The lowest BCUT2D eigenvalue weighted by atomic mass is 10.8.